The molecule has 0 radical (unpaired) electrons. The summed E-state index contributed by atoms with van der Waals surface area (Å²) >= 11 is -5.25. The summed E-state index contributed by atoms with van der Waals surface area (Å²) in [6, 6.07) is 0. The first-order valence-corrected chi connectivity index (χ1v) is 6.05. The van der Waals surface area contributed by atoms with Gasteiger partial charge in [0, 0.05) is 0 Å². The van der Waals surface area contributed by atoms with Crippen LogP contribution in [0.5, 0.6) is 0 Å². The van der Waals surface area contributed by atoms with Crippen LogP contribution < -0.4 is 0 Å². The molecule has 0 aliphatic heterocycles. The van der Waals surface area contributed by atoms with Gasteiger partial charge in [-0.15, -0.1) is 0 Å². The molecule has 0 atom stereocenters. The van der Waals surface area contributed by atoms with Crippen LogP contribution in [0.2, 0.25) is 0 Å². The Balaban J connectivity index is 0. The van der Waals surface area contributed by atoms with Crippen molar-refractivity contribution in [3.63, 3.8) is 0 Å². The van der Waals surface area contributed by atoms with Gasteiger partial charge < -0.3 is 20.4 Å². The molecule has 0 unspecified atom stereocenters. The molecule has 0 aliphatic carbocycles. The van der Waals surface area contributed by atoms with Crippen molar-refractivity contribution in [2.24, 2.45) is 0 Å². The second kappa shape index (κ2) is 6.99. The zero-order chi connectivity index (χ0) is 15.1. The zero-order valence-corrected chi connectivity index (χ0v) is 9.82. The third-order valence-corrected chi connectivity index (χ3v) is 1.29. The fourth-order valence-electron chi connectivity index (χ4n) is 0.714. The third kappa shape index (κ3) is 12.5. The molecule has 0 heterocycles. The van der Waals surface area contributed by atoms with E-state index < -0.39 is 50.0 Å². The van der Waals surface area contributed by atoms with E-state index >= 15 is 0 Å². The molecule has 0 spiro atoms. The van der Waals surface area contributed by atoms with Crippen molar-refractivity contribution < 1.29 is 64.3 Å². The maximum absolute atomic E-state index is 10.3. The van der Waals surface area contributed by atoms with Crippen LogP contribution in [0.4, 0.5) is 0 Å². The number of carbonyl (C=O) groups is 3. The molecule has 0 rings (SSSR count). The van der Waals surface area contributed by atoms with E-state index in [0.717, 1.165) is 0 Å². The van der Waals surface area contributed by atoms with E-state index in [1.807, 2.05) is 0 Å². The Hall–Kier alpha value is -1.58. The van der Waals surface area contributed by atoms with E-state index in [0.29, 0.717) is 0 Å². The van der Waals surface area contributed by atoms with Gasteiger partial charge in [-0.1, -0.05) is 0 Å². The summed E-state index contributed by atoms with van der Waals surface area (Å²) in [6.07, 6.45) is -2.29. The summed E-state index contributed by atoms with van der Waals surface area (Å²) in [5.41, 5.74) is -2.74. The van der Waals surface area contributed by atoms with Crippen LogP contribution in [0, 0.1) is 0 Å². The number of carboxylic acid groups (broad SMARTS) is 3. The minimum atomic E-state index is -5.25. The van der Waals surface area contributed by atoms with Gasteiger partial charge in [0.15, 0.2) is 5.60 Å². The quantitative estimate of drug-likeness (QED) is 0.310. The van der Waals surface area contributed by atoms with Gasteiger partial charge in [-0.25, -0.2) is 4.79 Å². The molecule has 0 aromatic heterocycles. The van der Waals surface area contributed by atoms with E-state index in [-0.39, 0.29) is 0 Å². The van der Waals surface area contributed by atoms with Crippen LogP contribution >= 0.6 is 0 Å². The summed E-state index contributed by atoms with van der Waals surface area (Å²) in [5, 5.41) is 33.8. The molecule has 0 saturated carbocycles. The topological polar surface area (TPSA) is 207 Å². The van der Waals surface area contributed by atoms with Crippen LogP contribution in [0.1, 0.15) is 12.8 Å². The predicted molar refractivity (Wildman–Crippen MR) is 42.9 cm³/mol. The fraction of sp³-hybridized carbons (Fsp3) is 0.500. The van der Waals surface area contributed by atoms with Gasteiger partial charge >= 0.3 is 47.4 Å². The number of carboxylic acids is 3. The van der Waals surface area contributed by atoms with Gasteiger partial charge in [0.1, 0.15) is 0 Å². The molecule has 0 bridgehead atoms. The van der Waals surface area contributed by atoms with Crippen molar-refractivity contribution in [1.82, 2.24) is 0 Å². The van der Waals surface area contributed by atoms with E-state index in [4.69, 9.17) is 36.3 Å². The number of hydrogen-bond acceptors (Lipinski definition) is 6. The molecule has 11 nitrogen and oxygen atoms in total. The monoisotopic (exact) mass is 310 g/mol. The SMILES string of the molecule is O=C(O)CC(O)(CC(=O)O)C(=O)O.[O]=[Cr](=[O])([OH])[OH]. The molecule has 0 aromatic carbocycles. The van der Waals surface area contributed by atoms with Crippen molar-refractivity contribution >= 4 is 17.9 Å². The number of aliphatic carboxylic acids is 3. The predicted octanol–water partition coefficient (Wildman–Crippen LogP) is -2.60. The van der Waals surface area contributed by atoms with E-state index in [1.54, 1.807) is 0 Å². The number of hydrogen-bond donors (Lipinski definition) is 6. The first-order chi connectivity index (χ1) is 7.78. The molecule has 6 N–H and O–H groups in total. The standard InChI is InChI=1S/C6H8O7.Cr.2H2O.2O/c7-3(8)1-6(13,5(11)12)2-4(9)10;;;;;/h13H,1-2H2,(H,7,8)(H,9,10)(H,11,12);;2*1H2;;/q;+2;;;;/p-2. The van der Waals surface area contributed by atoms with Crippen LogP contribution in [0.15, 0.2) is 0 Å². The van der Waals surface area contributed by atoms with E-state index in [2.05, 4.69) is 0 Å². The third-order valence-electron chi connectivity index (χ3n) is 1.29. The van der Waals surface area contributed by atoms with Crippen LogP contribution in [0.25, 0.3) is 0 Å². The van der Waals surface area contributed by atoms with Crippen LogP contribution in [0.3, 0.4) is 0 Å². The zero-order valence-electron chi connectivity index (χ0n) is 8.55. The Morgan fingerprint density at radius 2 is 1.11 bits per heavy atom. The molecule has 106 valence electrons. The van der Waals surface area contributed by atoms with Gasteiger partial charge in [-0.2, -0.15) is 0 Å². The molecule has 0 aliphatic rings. The first-order valence-electron chi connectivity index (χ1n) is 3.87. The maximum atomic E-state index is 10.3. The Morgan fingerprint density at radius 3 is 1.22 bits per heavy atom. The van der Waals surface area contributed by atoms with Crippen LogP contribution in [-0.2, 0) is 35.6 Å². The molecule has 18 heavy (non-hydrogen) atoms. The molecule has 0 amide bonds. The Bertz CT molecular complexity index is 397. The van der Waals surface area contributed by atoms with Crippen molar-refractivity contribution in [3.05, 3.63) is 0 Å². The Labute approximate surface area is 101 Å². The van der Waals surface area contributed by atoms with Gasteiger partial charge in [0.05, 0.1) is 12.8 Å². The minimum absolute atomic E-state index is 1.14. The van der Waals surface area contributed by atoms with Gasteiger partial charge in [-0.05, 0) is 0 Å². The summed E-state index contributed by atoms with van der Waals surface area (Å²) in [4.78, 5) is 30.5. The second-order valence-corrected chi connectivity index (χ2v) is 4.32. The van der Waals surface area contributed by atoms with Gasteiger partial charge in [0.25, 0.3) is 0 Å². The summed E-state index contributed by atoms with van der Waals surface area (Å²) in [5.74, 6) is -5.02. The summed E-state index contributed by atoms with van der Waals surface area (Å²) in [6.45, 7) is 0. The molecule has 0 saturated heterocycles. The van der Waals surface area contributed by atoms with Crippen molar-refractivity contribution in [2.75, 3.05) is 0 Å². The summed E-state index contributed by atoms with van der Waals surface area (Å²) in [7, 11) is 0. The number of rotatable bonds is 5. The first kappa shape index (κ1) is 18.8. The van der Waals surface area contributed by atoms with Gasteiger partial charge in [-0.3, -0.25) is 9.59 Å². The Morgan fingerprint density at radius 1 is 0.889 bits per heavy atom. The average Bonchev–Trinajstić information content (AvgIpc) is 1.95. The molecular weight excluding hydrogens is 300 g/mol. The fourth-order valence-corrected chi connectivity index (χ4v) is 0.714. The second-order valence-electron chi connectivity index (χ2n) is 2.93. The van der Waals surface area contributed by atoms with Crippen LogP contribution in [-0.4, -0.2) is 52.3 Å². The average molecular weight is 310 g/mol. The number of aliphatic hydroxyl groups is 1. The molecule has 12 heteroatoms. The van der Waals surface area contributed by atoms with Gasteiger partial charge in [0.2, 0.25) is 0 Å². The molecule has 0 aromatic rings. The van der Waals surface area contributed by atoms with Crippen molar-refractivity contribution in [2.45, 2.75) is 18.4 Å². The van der Waals surface area contributed by atoms with E-state index in [1.165, 1.54) is 0 Å². The van der Waals surface area contributed by atoms with E-state index in [9.17, 15) is 14.4 Å². The van der Waals surface area contributed by atoms with Crippen molar-refractivity contribution in [3.8, 4) is 0 Å². The molecule has 0 fully saturated rings. The normalized spacial score (nSPS) is 11.1. The molecular formula is C6H10CrO11. The summed E-state index contributed by atoms with van der Waals surface area (Å²) < 4.78 is 31.9. The Kier molecular flexibility index (Phi) is 7.29. The van der Waals surface area contributed by atoms with Crippen molar-refractivity contribution in [1.29, 1.82) is 0 Å².